The third kappa shape index (κ3) is 5.14. The Morgan fingerprint density at radius 2 is 1.75 bits per heavy atom. The number of rotatable bonds is 7. The molecule has 0 aliphatic heterocycles. The fourth-order valence-corrected chi connectivity index (χ4v) is 3.96. The van der Waals surface area contributed by atoms with E-state index in [0.29, 0.717) is 18.0 Å². The second kappa shape index (κ2) is 10.4. The van der Waals surface area contributed by atoms with Gasteiger partial charge in [-0.3, -0.25) is 4.98 Å². The van der Waals surface area contributed by atoms with Crippen LogP contribution < -0.4 is 5.73 Å². The molecule has 3 aromatic rings. The molecule has 1 aromatic heterocycles. The van der Waals surface area contributed by atoms with Crippen LogP contribution in [-0.2, 0) is 17.7 Å². The minimum atomic E-state index is -0.353. The van der Waals surface area contributed by atoms with Crippen molar-refractivity contribution in [2.75, 3.05) is 7.11 Å². The third-order valence-electron chi connectivity index (χ3n) is 5.55. The van der Waals surface area contributed by atoms with E-state index in [1.807, 2.05) is 37.3 Å². The van der Waals surface area contributed by atoms with Crippen molar-refractivity contribution in [2.45, 2.75) is 40.7 Å². The van der Waals surface area contributed by atoms with E-state index in [0.717, 1.165) is 45.6 Å². The zero-order valence-electron chi connectivity index (χ0n) is 19.6. The van der Waals surface area contributed by atoms with E-state index in [1.54, 1.807) is 6.07 Å². The SMILES string of the molecule is COC(=O)c1ccccc1/C=C/c1c(C)nc(CC(C)C)c(CN)c1-c1ccc(C)cc1. The van der Waals surface area contributed by atoms with Crippen LogP contribution in [0.1, 0.15) is 57.8 Å². The molecule has 0 saturated heterocycles. The second-order valence-electron chi connectivity index (χ2n) is 8.49. The van der Waals surface area contributed by atoms with Crippen LogP contribution in [0.4, 0.5) is 0 Å². The number of carbonyl (C=O) groups excluding carboxylic acids is 1. The number of aryl methyl sites for hydroxylation is 2. The Balaban J connectivity index is 2.23. The van der Waals surface area contributed by atoms with Gasteiger partial charge in [0.25, 0.3) is 0 Å². The molecule has 1 heterocycles. The van der Waals surface area contributed by atoms with Crippen molar-refractivity contribution >= 4 is 18.1 Å². The molecule has 2 aromatic carbocycles. The number of nitrogens with two attached hydrogens (primary N) is 1. The summed E-state index contributed by atoms with van der Waals surface area (Å²) in [5, 5.41) is 0. The van der Waals surface area contributed by atoms with Gasteiger partial charge in [-0.25, -0.2) is 4.79 Å². The van der Waals surface area contributed by atoms with Gasteiger partial charge in [0, 0.05) is 23.5 Å². The first-order valence-corrected chi connectivity index (χ1v) is 11.0. The predicted molar refractivity (Wildman–Crippen MR) is 132 cm³/mol. The van der Waals surface area contributed by atoms with Crippen molar-refractivity contribution in [3.8, 4) is 11.1 Å². The number of nitrogens with zero attached hydrogens (tertiary/aromatic N) is 1. The van der Waals surface area contributed by atoms with Crippen molar-refractivity contribution < 1.29 is 9.53 Å². The summed E-state index contributed by atoms with van der Waals surface area (Å²) in [5.74, 6) is 0.125. The summed E-state index contributed by atoms with van der Waals surface area (Å²) in [6, 6.07) is 15.9. The monoisotopic (exact) mass is 428 g/mol. The van der Waals surface area contributed by atoms with Crippen molar-refractivity contribution in [3.05, 3.63) is 87.7 Å². The van der Waals surface area contributed by atoms with E-state index in [1.165, 1.54) is 12.7 Å². The van der Waals surface area contributed by atoms with Gasteiger partial charge in [0.05, 0.1) is 12.7 Å². The normalized spacial score (nSPS) is 11.3. The van der Waals surface area contributed by atoms with Gasteiger partial charge in [-0.1, -0.05) is 74.0 Å². The van der Waals surface area contributed by atoms with Crippen molar-refractivity contribution in [3.63, 3.8) is 0 Å². The fraction of sp³-hybridized carbons (Fsp3) is 0.286. The Labute approximate surface area is 191 Å². The number of carbonyl (C=O) groups is 1. The second-order valence-corrected chi connectivity index (χ2v) is 8.49. The van der Waals surface area contributed by atoms with Crippen molar-refractivity contribution in [1.82, 2.24) is 4.98 Å². The van der Waals surface area contributed by atoms with Crippen LogP contribution in [0.25, 0.3) is 23.3 Å². The number of ether oxygens (including phenoxy) is 1. The maximum absolute atomic E-state index is 12.2. The third-order valence-corrected chi connectivity index (χ3v) is 5.55. The zero-order chi connectivity index (χ0) is 23.3. The number of hydrogen-bond donors (Lipinski definition) is 1. The quantitative estimate of drug-likeness (QED) is 0.470. The molecule has 0 aliphatic carbocycles. The van der Waals surface area contributed by atoms with E-state index in [9.17, 15) is 4.79 Å². The minimum absolute atomic E-state index is 0.353. The van der Waals surface area contributed by atoms with Gasteiger partial charge in [-0.05, 0) is 54.5 Å². The van der Waals surface area contributed by atoms with Gasteiger partial charge >= 0.3 is 5.97 Å². The van der Waals surface area contributed by atoms with Crippen LogP contribution in [0.3, 0.4) is 0 Å². The molecule has 0 unspecified atom stereocenters. The van der Waals surface area contributed by atoms with Gasteiger partial charge in [0.1, 0.15) is 0 Å². The van der Waals surface area contributed by atoms with Gasteiger partial charge in [-0.15, -0.1) is 0 Å². The highest BCUT2D eigenvalue weighted by Crippen LogP contribution is 2.34. The van der Waals surface area contributed by atoms with E-state index in [2.05, 4.69) is 45.0 Å². The Morgan fingerprint density at radius 3 is 2.38 bits per heavy atom. The molecule has 0 saturated carbocycles. The molecule has 0 aliphatic rings. The van der Waals surface area contributed by atoms with E-state index < -0.39 is 0 Å². The van der Waals surface area contributed by atoms with Crippen LogP contribution in [0.5, 0.6) is 0 Å². The van der Waals surface area contributed by atoms with E-state index in [4.69, 9.17) is 15.5 Å². The molecule has 4 nitrogen and oxygen atoms in total. The number of methoxy groups -OCH3 is 1. The largest absolute Gasteiger partial charge is 0.465 e. The summed E-state index contributed by atoms with van der Waals surface area (Å²) in [4.78, 5) is 17.1. The highest BCUT2D eigenvalue weighted by atomic mass is 16.5. The molecule has 0 bridgehead atoms. The number of hydrogen-bond acceptors (Lipinski definition) is 4. The zero-order valence-corrected chi connectivity index (χ0v) is 19.6. The summed E-state index contributed by atoms with van der Waals surface area (Å²) >= 11 is 0. The first kappa shape index (κ1) is 23.4. The summed E-state index contributed by atoms with van der Waals surface area (Å²) < 4.78 is 4.94. The molecule has 2 N–H and O–H groups in total. The summed E-state index contributed by atoms with van der Waals surface area (Å²) in [7, 11) is 1.40. The van der Waals surface area contributed by atoms with E-state index >= 15 is 0 Å². The molecular weight excluding hydrogens is 396 g/mol. The van der Waals surface area contributed by atoms with Gasteiger partial charge in [0.2, 0.25) is 0 Å². The molecule has 4 heteroatoms. The smallest absolute Gasteiger partial charge is 0.338 e. The number of esters is 1. The molecule has 32 heavy (non-hydrogen) atoms. The van der Waals surface area contributed by atoms with Crippen molar-refractivity contribution in [1.29, 1.82) is 0 Å². The van der Waals surface area contributed by atoms with Crippen LogP contribution in [0.2, 0.25) is 0 Å². The van der Waals surface area contributed by atoms with Gasteiger partial charge in [0.15, 0.2) is 0 Å². The predicted octanol–water partition coefficient (Wildman–Crippen LogP) is 5.98. The van der Waals surface area contributed by atoms with Crippen LogP contribution >= 0.6 is 0 Å². The maximum Gasteiger partial charge on any atom is 0.338 e. The topological polar surface area (TPSA) is 65.2 Å². The lowest BCUT2D eigenvalue weighted by Gasteiger charge is -2.20. The number of pyridine rings is 1. The van der Waals surface area contributed by atoms with Crippen LogP contribution in [0.15, 0.2) is 48.5 Å². The lowest BCUT2D eigenvalue weighted by Crippen LogP contribution is -2.12. The van der Waals surface area contributed by atoms with Gasteiger partial charge in [-0.2, -0.15) is 0 Å². The molecule has 0 radical (unpaired) electrons. The number of aromatic nitrogens is 1. The Hall–Kier alpha value is -3.24. The molecular formula is C28H32N2O2. The maximum atomic E-state index is 12.2. The highest BCUT2D eigenvalue weighted by Gasteiger charge is 2.18. The molecule has 3 rings (SSSR count). The summed E-state index contributed by atoms with van der Waals surface area (Å²) in [6.45, 7) is 8.92. The van der Waals surface area contributed by atoms with Crippen LogP contribution in [-0.4, -0.2) is 18.1 Å². The summed E-state index contributed by atoms with van der Waals surface area (Å²) in [6.07, 6.45) is 4.87. The molecule has 0 atom stereocenters. The van der Waals surface area contributed by atoms with Gasteiger partial charge < -0.3 is 10.5 Å². The Morgan fingerprint density at radius 1 is 1.06 bits per heavy atom. The lowest BCUT2D eigenvalue weighted by molar-refractivity contribution is 0.0600. The minimum Gasteiger partial charge on any atom is -0.465 e. The average Bonchev–Trinajstić information content (AvgIpc) is 2.78. The van der Waals surface area contributed by atoms with Crippen LogP contribution in [0, 0.1) is 19.8 Å². The number of benzene rings is 2. The highest BCUT2D eigenvalue weighted by molar-refractivity contribution is 5.95. The average molecular weight is 429 g/mol. The van der Waals surface area contributed by atoms with Crippen molar-refractivity contribution in [2.24, 2.45) is 11.7 Å². The summed E-state index contributed by atoms with van der Waals surface area (Å²) in [5.41, 5.74) is 15.1. The standard InChI is InChI=1S/C28H32N2O2/c1-18(2)16-26-25(17-29)27(22-12-10-19(3)11-13-22)23(20(4)30-26)15-14-21-8-6-7-9-24(21)28(31)32-5/h6-15,18H,16-17,29H2,1-5H3/b15-14+. The first-order chi connectivity index (χ1) is 15.3. The molecule has 0 amide bonds. The molecule has 166 valence electrons. The first-order valence-electron chi connectivity index (χ1n) is 11.0. The van der Waals surface area contributed by atoms with E-state index in [-0.39, 0.29) is 5.97 Å². The Kier molecular flexibility index (Phi) is 7.60. The molecule has 0 fully saturated rings. The Bertz CT molecular complexity index is 1130. The lowest BCUT2D eigenvalue weighted by atomic mass is 9.89. The fourth-order valence-electron chi connectivity index (χ4n) is 3.96. The molecule has 0 spiro atoms.